The van der Waals surface area contributed by atoms with Gasteiger partial charge in [-0.05, 0) is 25.9 Å². The quantitative estimate of drug-likeness (QED) is 0.655. The van der Waals surface area contributed by atoms with Crippen molar-refractivity contribution in [1.29, 1.82) is 0 Å². The normalized spacial score (nSPS) is 13.1. The smallest absolute Gasteiger partial charge is 0.320 e. The van der Waals surface area contributed by atoms with Crippen LogP contribution in [0.1, 0.15) is 46.5 Å². The third kappa shape index (κ3) is 4.61. The Labute approximate surface area is 87.1 Å². The number of hydrogen-bond acceptors (Lipinski definition) is 2. The molecule has 0 aliphatic carbocycles. The molecule has 1 atom stereocenters. The molecule has 1 N–H and O–H groups in total. The molecule has 1 unspecified atom stereocenters. The van der Waals surface area contributed by atoms with Crippen molar-refractivity contribution in [1.82, 2.24) is 4.90 Å². The van der Waals surface area contributed by atoms with Gasteiger partial charge in [0.25, 0.3) is 0 Å². The number of carboxylic acids is 1. The number of likely N-dealkylation sites (N-methyl/N-ethyl adjacent to an activating group) is 1. The first-order valence-corrected chi connectivity index (χ1v) is 5.64. The van der Waals surface area contributed by atoms with Gasteiger partial charge in [-0.25, -0.2) is 0 Å². The molecule has 0 rings (SSSR count). The number of aliphatic carboxylic acids is 1. The zero-order chi connectivity index (χ0) is 11.0. The Hall–Kier alpha value is -0.570. The Morgan fingerprint density at radius 1 is 1.29 bits per heavy atom. The number of unbranched alkanes of at least 4 members (excludes halogenated alkanes) is 1. The van der Waals surface area contributed by atoms with E-state index in [1.165, 1.54) is 0 Å². The molecule has 84 valence electrons. The lowest BCUT2D eigenvalue weighted by Crippen LogP contribution is -2.41. The van der Waals surface area contributed by atoms with E-state index in [2.05, 4.69) is 18.7 Å². The van der Waals surface area contributed by atoms with Crippen molar-refractivity contribution in [2.45, 2.75) is 52.5 Å². The molecule has 0 saturated heterocycles. The molecule has 0 aromatic heterocycles. The van der Waals surface area contributed by atoms with Crippen LogP contribution in [0.15, 0.2) is 0 Å². The van der Waals surface area contributed by atoms with E-state index in [1.54, 1.807) is 0 Å². The van der Waals surface area contributed by atoms with E-state index in [0.29, 0.717) is 0 Å². The van der Waals surface area contributed by atoms with Crippen LogP contribution in [0.3, 0.4) is 0 Å². The molecule has 0 radical (unpaired) electrons. The van der Waals surface area contributed by atoms with Crippen LogP contribution < -0.4 is 0 Å². The van der Waals surface area contributed by atoms with Gasteiger partial charge in [0, 0.05) is 0 Å². The van der Waals surface area contributed by atoms with E-state index >= 15 is 0 Å². The molecule has 0 spiro atoms. The maximum Gasteiger partial charge on any atom is 0.320 e. The van der Waals surface area contributed by atoms with Crippen molar-refractivity contribution >= 4 is 5.97 Å². The molecule has 0 saturated carbocycles. The van der Waals surface area contributed by atoms with Crippen molar-refractivity contribution in [2.24, 2.45) is 0 Å². The molecule has 0 fully saturated rings. The Kier molecular flexibility index (Phi) is 7.48. The van der Waals surface area contributed by atoms with Gasteiger partial charge in [-0.2, -0.15) is 0 Å². The standard InChI is InChI=1S/C11H23NO2/c1-4-7-8-10(11(13)14)12(6-3)9-5-2/h10H,4-9H2,1-3H3,(H,13,14). The first-order valence-electron chi connectivity index (χ1n) is 5.64. The average molecular weight is 201 g/mol. The molecule has 14 heavy (non-hydrogen) atoms. The SMILES string of the molecule is CCCCC(C(=O)O)N(CC)CCC. The third-order valence-electron chi connectivity index (χ3n) is 2.47. The summed E-state index contributed by atoms with van der Waals surface area (Å²) in [5.41, 5.74) is 0. The molecule has 0 aliphatic heterocycles. The predicted molar refractivity (Wildman–Crippen MR) is 58.5 cm³/mol. The monoisotopic (exact) mass is 201 g/mol. The fourth-order valence-electron chi connectivity index (χ4n) is 1.68. The Morgan fingerprint density at radius 3 is 2.29 bits per heavy atom. The fourth-order valence-corrected chi connectivity index (χ4v) is 1.68. The first-order chi connectivity index (χ1) is 6.67. The average Bonchev–Trinajstić information content (AvgIpc) is 2.16. The van der Waals surface area contributed by atoms with Gasteiger partial charge < -0.3 is 5.11 Å². The Morgan fingerprint density at radius 2 is 1.93 bits per heavy atom. The highest BCUT2D eigenvalue weighted by molar-refractivity contribution is 5.73. The topological polar surface area (TPSA) is 40.5 Å². The lowest BCUT2D eigenvalue weighted by Gasteiger charge is -2.26. The highest BCUT2D eigenvalue weighted by atomic mass is 16.4. The van der Waals surface area contributed by atoms with Crippen molar-refractivity contribution < 1.29 is 9.90 Å². The van der Waals surface area contributed by atoms with Crippen LogP contribution in [0.5, 0.6) is 0 Å². The minimum absolute atomic E-state index is 0.278. The van der Waals surface area contributed by atoms with E-state index in [0.717, 1.165) is 38.8 Å². The summed E-state index contributed by atoms with van der Waals surface area (Å²) in [6.07, 6.45) is 3.86. The summed E-state index contributed by atoms with van der Waals surface area (Å²) in [5, 5.41) is 9.09. The van der Waals surface area contributed by atoms with Gasteiger partial charge in [-0.3, -0.25) is 9.69 Å². The number of carbonyl (C=O) groups is 1. The molecule has 0 aromatic carbocycles. The lowest BCUT2D eigenvalue weighted by molar-refractivity contribution is -0.143. The summed E-state index contributed by atoms with van der Waals surface area (Å²) in [5.74, 6) is -0.672. The van der Waals surface area contributed by atoms with Crippen molar-refractivity contribution in [3.05, 3.63) is 0 Å². The molecule has 0 amide bonds. The van der Waals surface area contributed by atoms with Gasteiger partial charge >= 0.3 is 5.97 Å². The second kappa shape index (κ2) is 7.80. The minimum Gasteiger partial charge on any atom is -0.480 e. The van der Waals surface area contributed by atoms with Crippen LogP contribution in [0.4, 0.5) is 0 Å². The van der Waals surface area contributed by atoms with Gasteiger partial charge in [0.2, 0.25) is 0 Å². The first kappa shape index (κ1) is 13.4. The van der Waals surface area contributed by atoms with Gasteiger partial charge in [0.05, 0.1) is 0 Å². The largest absolute Gasteiger partial charge is 0.480 e. The number of carboxylic acid groups (broad SMARTS) is 1. The maximum absolute atomic E-state index is 11.0. The summed E-state index contributed by atoms with van der Waals surface area (Å²) < 4.78 is 0. The Bertz CT molecular complexity index is 159. The van der Waals surface area contributed by atoms with Crippen LogP contribution >= 0.6 is 0 Å². The zero-order valence-electron chi connectivity index (χ0n) is 9.62. The molecule has 0 heterocycles. The summed E-state index contributed by atoms with van der Waals surface area (Å²) in [6, 6.07) is -0.278. The maximum atomic E-state index is 11.0. The van der Waals surface area contributed by atoms with Crippen LogP contribution in [-0.4, -0.2) is 35.1 Å². The van der Waals surface area contributed by atoms with Gasteiger partial charge in [0.15, 0.2) is 0 Å². The van der Waals surface area contributed by atoms with Gasteiger partial charge in [0.1, 0.15) is 6.04 Å². The van der Waals surface area contributed by atoms with Crippen LogP contribution in [0, 0.1) is 0 Å². The summed E-state index contributed by atoms with van der Waals surface area (Å²) in [4.78, 5) is 13.1. The number of rotatable bonds is 8. The predicted octanol–water partition coefficient (Wildman–Crippen LogP) is 2.36. The minimum atomic E-state index is -0.672. The van der Waals surface area contributed by atoms with Crippen LogP contribution in [0.2, 0.25) is 0 Å². The molecule has 0 bridgehead atoms. The zero-order valence-corrected chi connectivity index (χ0v) is 9.62. The third-order valence-corrected chi connectivity index (χ3v) is 2.47. The molecule has 3 nitrogen and oxygen atoms in total. The van der Waals surface area contributed by atoms with Crippen LogP contribution in [-0.2, 0) is 4.79 Å². The van der Waals surface area contributed by atoms with E-state index in [4.69, 9.17) is 5.11 Å². The van der Waals surface area contributed by atoms with Gasteiger partial charge in [-0.1, -0.05) is 33.6 Å². The molecule has 0 aromatic rings. The molecule has 3 heteroatoms. The lowest BCUT2D eigenvalue weighted by atomic mass is 10.1. The summed E-state index contributed by atoms with van der Waals surface area (Å²) in [6.45, 7) is 7.92. The summed E-state index contributed by atoms with van der Waals surface area (Å²) in [7, 11) is 0. The highest BCUT2D eigenvalue weighted by Crippen LogP contribution is 2.09. The second-order valence-electron chi connectivity index (χ2n) is 3.62. The molecule has 0 aliphatic rings. The number of hydrogen-bond donors (Lipinski definition) is 1. The van der Waals surface area contributed by atoms with Crippen LogP contribution in [0.25, 0.3) is 0 Å². The highest BCUT2D eigenvalue weighted by Gasteiger charge is 2.22. The summed E-state index contributed by atoms with van der Waals surface area (Å²) >= 11 is 0. The van der Waals surface area contributed by atoms with Crippen molar-refractivity contribution in [3.63, 3.8) is 0 Å². The van der Waals surface area contributed by atoms with Crippen molar-refractivity contribution in [2.75, 3.05) is 13.1 Å². The van der Waals surface area contributed by atoms with E-state index in [-0.39, 0.29) is 6.04 Å². The van der Waals surface area contributed by atoms with Gasteiger partial charge in [-0.15, -0.1) is 0 Å². The Balaban J connectivity index is 4.20. The number of nitrogens with zero attached hydrogens (tertiary/aromatic N) is 1. The van der Waals surface area contributed by atoms with E-state index in [1.807, 2.05) is 6.92 Å². The fraction of sp³-hybridized carbons (Fsp3) is 0.909. The molecular formula is C11H23NO2. The van der Waals surface area contributed by atoms with E-state index < -0.39 is 5.97 Å². The van der Waals surface area contributed by atoms with Crippen molar-refractivity contribution in [3.8, 4) is 0 Å². The van der Waals surface area contributed by atoms with E-state index in [9.17, 15) is 4.79 Å². The second-order valence-corrected chi connectivity index (χ2v) is 3.62. The molecular weight excluding hydrogens is 178 g/mol.